The van der Waals surface area contributed by atoms with Crippen LogP contribution in [0.5, 0.6) is 11.5 Å². The lowest BCUT2D eigenvalue weighted by molar-refractivity contribution is -0.140. The van der Waals surface area contributed by atoms with E-state index in [1.165, 1.54) is 0 Å². The molecule has 1 aliphatic heterocycles. The minimum Gasteiger partial charge on any atom is -0.507 e. The summed E-state index contributed by atoms with van der Waals surface area (Å²) in [6.45, 7) is 11.0. The van der Waals surface area contributed by atoms with E-state index in [-0.39, 0.29) is 11.3 Å². The number of methoxy groups -OCH3 is 1. The monoisotopic (exact) mass is 466 g/mol. The number of aliphatic hydroxyl groups excluding tert-OH is 1. The molecule has 3 rings (SSSR count). The maximum atomic E-state index is 13.3. The number of aryl methyl sites for hydroxylation is 1. The van der Waals surface area contributed by atoms with Crippen molar-refractivity contribution in [3.05, 3.63) is 64.7 Å². The second-order valence-corrected chi connectivity index (χ2v) is 8.17. The number of ketones is 1. The maximum Gasteiger partial charge on any atom is 0.295 e. The summed E-state index contributed by atoms with van der Waals surface area (Å²) in [5, 5.41) is 11.3. The van der Waals surface area contributed by atoms with Gasteiger partial charge in [-0.3, -0.25) is 9.59 Å². The summed E-state index contributed by atoms with van der Waals surface area (Å²) in [7, 11) is 1.58. The Morgan fingerprint density at radius 3 is 2.38 bits per heavy atom. The SMILES string of the molecule is CCOc1ccccc1C1/C(=C(\O)c2ccc(OC)c(C)c2)C(=O)C(=O)N1CCN(CC)CC. The molecule has 0 bridgehead atoms. The van der Waals surface area contributed by atoms with Gasteiger partial charge in [-0.25, -0.2) is 0 Å². The average Bonchev–Trinajstić information content (AvgIpc) is 3.09. The number of likely N-dealkylation sites (tertiary alicyclic amines) is 1. The first-order valence-corrected chi connectivity index (χ1v) is 11.7. The highest BCUT2D eigenvalue weighted by Gasteiger charge is 2.47. The lowest BCUT2D eigenvalue weighted by Gasteiger charge is -2.29. The molecule has 2 aromatic carbocycles. The van der Waals surface area contributed by atoms with E-state index in [0.29, 0.717) is 42.3 Å². The molecule has 0 aliphatic carbocycles. The highest BCUT2D eigenvalue weighted by atomic mass is 16.5. The number of Topliss-reactive ketones (excluding diaryl/α,β-unsaturated/α-hetero) is 1. The third-order valence-electron chi connectivity index (χ3n) is 6.27. The van der Waals surface area contributed by atoms with Gasteiger partial charge in [-0.1, -0.05) is 32.0 Å². The van der Waals surface area contributed by atoms with E-state index in [0.717, 1.165) is 18.7 Å². The summed E-state index contributed by atoms with van der Waals surface area (Å²) < 4.78 is 11.2. The molecule has 1 saturated heterocycles. The van der Waals surface area contributed by atoms with Crippen molar-refractivity contribution in [1.29, 1.82) is 0 Å². The van der Waals surface area contributed by atoms with Crippen LogP contribution in [0.4, 0.5) is 0 Å². The number of amides is 1. The molecule has 1 heterocycles. The van der Waals surface area contributed by atoms with Crippen LogP contribution in [0.15, 0.2) is 48.0 Å². The molecule has 34 heavy (non-hydrogen) atoms. The predicted molar refractivity (Wildman–Crippen MR) is 132 cm³/mol. The Morgan fingerprint density at radius 1 is 1.06 bits per heavy atom. The molecule has 2 aromatic rings. The molecule has 1 amide bonds. The first-order valence-electron chi connectivity index (χ1n) is 11.7. The molecule has 7 heteroatoms. The number of hydrogen-bond acceptors (Lipinski definition) is 6. The van der Waals surface area contributed by atoms with Crippen molar-refractivity contribution in [3.8, 4) is 11.5 Å². The van der Waals surface area contributed by atoms with Crippen molar-refractivity contribution in [3.63, 3.8) is 0 Å². The Labute approximate surface area is 201 Å². The fraction of sp³-hybridized carbons (Fsp3) is 0.407. The largest absolute Gasteiger partial charge is 0.507 e. The number of ether oxygens (including phenoxy) is 2. The van der Waals surface area contributed by atoms with Crippen LogP contribution in [-0.4, -0.2) is 66.5 Å². The van der Waals surface area contributed by atoms with Crippen molar-refractivity contribution in [2.75, 3.05) is 39.9 Å². The van der Waals surface area contributed by atoms with Gasteiger partial charge in [-0.15, -0.1) is 0 Å². The number of nitrogens with zero attached hydrogens (tertiary/aromatic N) is 2. The van der Waals surface area contributed by atoms with Gasteiger partial charge >= 0.3 is 0 Å². The summed E-state index contributed by atoms with van der Waals surface area (Å²) in [5.41, 5.74) is 2.02. The number of likely N-dealkylation sites (N-methyl/N-ethyl adjacent to an activating group) is 1. The molecule has 0 aromatic heterocycles. The van der Waals surface area contributed by atoms with Crippen LogP contribution in [-0.2, 0) is 9.59 Å². The fourth-order valence-corrected chi connectivity index (χ4v) is 4.40. The first kappa shape index (κ1) is 25.3. The molecular weight excluding hydrogens is 432 g/mol. The quantitative estimate of drug-likeness (QED) is 0.322. The van der Waals surface area contributed by atoms with Gasteiger partial charge in [0.25, 0.3) is 11.7 Å². The summed E-state index contributed by atoms with van der Waals surface area (Å²) in [4.78, 5) is 30.2. The highest BCUT2D eigenvalue weighted by molar-refractivity contribution is 6.46. The molecule has 1 atom stereocenters. The maximum absolute atomic E-state index is 13.3. The number of rotatable bonds is 10. The van der Waals surface area contributed by atoms with Crippen LogP contribution >= 0.6 is 0 Å². The standard InChI is InChI=1S/C27H34N2O5/c1-6-28(7-2)15-16-29-24(20-11-9-10-12-22(20)34-8-3)23(26(31)27(29)32)25(30)19-13-14-21(33-5)18(4)17-19/h9-14,17,24,30H,6-8,15-16H2,1-5H3/b25-23+. The van der Waals surface area contributed by atoms with E-state index in [1.54, 1.807) is 30.2 Å². The summed E-state index contributed by atoms with van der Waals surface area (Å²) in [6.07, 6.45) is 0. The van der Waals surface area contributed by atoms with Gasteiger partial charge in [-0.05, 0) is 56.8 Å². The van der Waals surface area contributed by atoms with E-state index in [1.807, 2.05) is 38.1 Å². The molecule has 1 N–H and O–H groups in total. The van der Waals surface area contributed by atoms with E-state index in [4.69, 9.17) is 9.47 Å². The van der Waals surface area contributed by atoms with E-state index in [2.05, 4.69) is 18.7 Å². The number of carbonyl (C=O) groups excluding carboxylic acids is 2. The lowest BCUT2D eigenvalue weighted by Crippen LogP contribution is -2.38. The third kappa shape index (κ3) is 4.94. The topological polar surface area (TPSA) is 79.3 Å². The van der Waals surface area contributed by atoms with Gasteiger partial charge in [-0.2, -0.15) is 0 Å². The van der Waals surface area contributed by atoms with Gasteiger partial charge in [0.15, 0.2) is 0 Å². The molecule has 0 radical (unpaired) electrons. The Hall–Kier alpha value is -3.32. The van der Waals surface area contributed by atoms with Gasteiger partial charge in [0.2, 0.25) is 0 Å². The van der Waals surface area contributed by atoms with Crippen molar-refractivity contribution in [2.24, 2.45) is 0 Å². The third-order valence-corrected chi connectivity index (χ3v) is 6.27. The Morgan fingerprint density at radius 2 is 1.76 bits per heavy atom. The zero-order chi connectivity index (χ0) is 24.8. The Bertz CT molecular complexity index is 1070. The summed E-state index contributed by atoms with van der Waals surface area (Å²) in [5.74, 6) is -0.251. The molecule has 0 saturated carbocycles. The van der Waals surface area contributed by atoms with E-state index < -0.39 is 17.7 Å². The molecule has 1 fully saturated rings. The molecule has 7 nitrogen and oxygen atoms in total. The number of benzene rings is 2. The normalized spacial score (nSPS) is 17.5. The average molecular weight is 467 g/mol. The zero-order valence-electron chi connectivity index (χ0n) is 20.6. The zero-order valence-corrected chi connectivity index (χ0v) is 20.6. The number of hydrogen-bond donors (Lipinski definition) is 1. The molecule has 182 valence electrons. The van der Waals surface area contributed by atoms with Gasteiger partial charge in [0, 0.05) is 24.2 Å². The van der Waals surface area contributed by atoms with Crippen LogP contribution in [0.1, 0.15) is 43.5 Å². The van der Waals surface area contributed by atoms with Crippen LogP contribution in [0, 0.1) is 6.92 Å². The number of aliphatic hydroxyl groups is 1. The van der Waals surface area contributed by atoms with E-state index in [9.17, 15) is 14.7 Å². The van der Waals surface area contributed by atoms with Crippen LogP contribution in [0.25, 0.3) is 5.76 Å². The molecular formula is C27H34N2O5. The number of para-hydroxylation sites is 1. The number of carbonyl (C=O) groups is 2. The molecule has 1 aliphatic rings. The molecule has 0 spiro atoms. The molecule has 1 unspecified atom stereocenters. The highest BCUT2D eigenvalue weighted by Crippen LogP contribution is 2.42. The van der Waals surface area contributed by atoms with Gasteiger partial charge in [0.1, 0.15) is 17.3 Å². The predicted octanol–water partition coefficient (Wildman–Crippen LogP) is 4.17. The van der Waals surface area contributed by atoms with Gasteiger partial charge < -0.3 is 24.4 Å². The minimum absolute atomic E-state index is 0.0706. The van der Waals surface area contributed by atoms with Crippen molar-refractivity contribution >= 4 is 17.4 Å². The second-order valence-electron chi connectivity index (χ2n) is 8.17. The summed E-state index contributed by atoms with van der Waals surface area (Å²) in [6, 6.07) is 11.8. The van der Waals surface area contributed by atoms with Crippen molar-refractivity contribution in [1.82, 2.24) is 9.80 Å². The van der Waals surface area contributed by atoms with Gasteiger partial charge in [0.05, 0.1) is 25.3 Å². The first-order chi connectivity index (χ1) is 16.4. The minimum atomic E-state index is -0.749. The Balaban J connectivity index is 2.16. The van der Waals surface area contributed by atoms with Crippen molar-refractivity contribution in [2.45, 2.75) is 33.7 Å². The smallest absolute Gasteiger partial charge is 0.295 e. The fourth-order valence-electron chi connectivity index (χ4n) is 4.40. The van der Waals surface area contributed by atoms with E-state index >= 15 is 0 Å². The van der Waals surface area contributed by atoms with Crippen LogP contribution in [0.3, 0.4) is 0 Å². The van der Waals surface area contributed by atoms with Crippen molar-refractivity contribution < 1.29 is 24.2 Å². The summed E-state index contributed by atoms with van der Waals surface area (Å²) >= 11 is 0. The Kier molecular flexibility index (Phi) is 8.34. The second kappa shape index (κ2) is 11.2. The van der Waals surface area contributed by atoms with Crippen LogP contribution < -0.4 is 9.47 Å². The lowest BCUT2D eigenvalue weighted by atomic mass is 9.94. The van der Waals surface area contributed by atoms with Crippen LogP contribution in [0.2, 0.25) is 0 Å².